The molecule has 1 heterocycles. The highest BCUT2D eigenvalue weighted by Gasteiger charge is 2.30. The Morgan fingerprint density at radius 3 is 2.31 bits per heavy atom. The maximum absolute atomic E-state index is 12.8. The van der Waals surface area contributed by atoms with Crippen molar-refractivity contribution in [2.75, 3.05) is 11.9 Å². The predicted molar refractivity (Wildman–Crippen MR) is 95.6 cm³/mol. The Balaban J connectivity index is 1.82. The van der Waals surface area contributed by atoms with E-state index < -0.39 is 5.91 Å². The number of amides is 3. The Hall–Kier alpha value is -3.28. The first-order chi connectivity index (χ1) is 12.5. The van der Waals surface area contributed by atoms with Crippen LogP contribution in [0.5, 0.6) is 0 Å². The van der Waals surface area contributed by atoms with Crippen LogP contribution in [0.15, 0.2) is 48.5 Å². The lowest BCUT2D eigenvalue weighted by Gasteiger charge is -2.15. The van der Waals surface area contributed by atoms with E-state index in [4.69, 9.17) is 0 Å². The van der Waals surface area contributed by atoms with Crippen LogP contribution in [0.4, 0.5) is 5.69 Å². The van der Waals surface area contributed by atoms with E-state index in [2.05, 4.69) is 5.32 Å². The molecule has 0 spiro atoms. The number of likely N-dealkylation sites (tertiary alicyclic amines) is 1. The standard InChI is InChI=1S/C20H18N2O4/c1-13-7-8-16(15(11-13)20(26)14-5-3-2-4-6-14)21-17(23)12-22-18(24)9-10-19(22)25/h2-8,11H,9-10,12H2,1H3,(H,21,23). The van der Waals surface area contributed by atoms with Gasteiger partial charge in [-0.15, -0.1) is 0 Å². The molecule has 0 aliphatic carbocycles. The highest BCUT2D eigenvalue weighted by Crippen LogP contribution is 2.21. The summed E-state index contributed by atoms with van der Waals surface area (Å²) in [4.78, 5) is 49.3. The summed E-state index contributed by atoms with van der Waals surface area (Å²) in [5.74, 6) is -1.43. The van der Waals surface area contributed by atoms with Gasteiger partial charge in [-0.2, -0.15) is 0 Å². The van der Waals surface area contributed by atoms with Crippen LogP contribution in [0.3, 0.4) is 0 Å². The van der Waals surface area contributed by atoms with Gasteiger partial charge in [0.2, 0.25) is 17.7 Å². The molecule has 1 aliphatic rings. The number of carbonyl (C=O) groups is 4. The van der Waals surface area contributed by atoms with Gasteiger partial charge in [-0.05, 0) is 19.1 Å². The molecule has 2 aromatic rings. The fraction of sp³-hybridized carbons (Fsp3) is 0.200. The summed E-state index contributed by atoms with van der Waals surface area (Å²) >= 11 is 0. The maximum Gasteiger partial charge on any atom is 0.244 e. The molecule has 0 aromatic heterocycles. The highest BCUT2D eigenvalue weighted by atomic mass is 16.2. The van der Waals surface area contributed by atoms with E-state index >= 15 is 0 Å². The van der Waals surface area contributed by atoms with Crippen molar-refractivity contribution < 1.29 is 19.2 Å². The first kappa shape index (κ1) is 17.5. The average molecular weight is 350 g/mol. The normalized spacial score (nSPS) is 13.8. The van der Waals surface area contributed by atoms with Gasteiger partial charge in [-0.25, -0.2) is 0 Å². The molecule has 1 saturated heterocycles. The van der Waals surface area contributed by atoms with Crippen LogP contribution in [-0.2, 0) is 14.4 Å². The molecule has 0 atom stereocenters. The molecule has 0 saturated carbocycles. The van der Waals surface area contributed by atoms with E-state index in [1.807, 2.05) is 13.0 Å². The monoisotopic (exact) mass is 350 g/mol. The Morgan fingerprint density at radius 1 is 1.00 bits per heavy atom. The van der Waals surface area contributed by atoms with Gasteiger partial charge in [-0.1, -0.05) is 42.0 Å². The van der Waals surface area contributed by atoms with Crippen LogP contribution in [0.1, 0.15) is 34.3 Å². The van der Waals surface area contributed by atoms with Crippen molar-refractivity contribution in [2.45, 2.75) is 19.8 Å². The van der Waals surface area contributed by atoms with Crippen molar-refractivity contribution in [2.24, 2.45) is 0 Å². The van der Waals surface area contributed by atoms with Gasteiger partial charge in [0.15, 0.2) is 5.78 Å². The van der Waals surface area contributed by atoms with Crippen LogP contribution in [0.2, 0.25) is 0 Å². The number of ketones is 1. The molecule has 1 fully saturated rings. The third kappa shape index (κ3) is 3.69. The lowest BCUT2D eigenvalue weighted by molar-refractivity contribution is -0.141. The first-order valence-corrected chi connectivity index (χ1v) is 8.29. The van der Waals surface area contributed by atoms with Crippen molar-refractivity contribution in [3.8, 4) is 0 Å². The third-order valence-electron chi connectivity index (χ3n) is 4.19. The number of benzene rings is 2. The topological polar surface area (TPSA) is 83.6 Å². The van der Waals surface area contributed by atoms with Crippen LogP contribution in [-0.4, -0.2) is 34.9 Å². The van der Waals surface area contributed by atoms with Gasteiger partial charge in [0.25, 0.3) is 0 Å². The quantitative estimate of drug-likeness (QED) is 0.662. The number of rotatable bonds is 5. The number of hydrogen-bond donors (Lipinski definition) is 1. The van der Waals surface area contributed by atoms with E-state index in [0.29, 0.717) is 16.8 Å². The fourth-order valence-electron chi connectivity index (χ4n) is 2.83. The Kier molecular flexibility index (Phi) is 4.93. The zero-order chi connectivity index (χ0) is 18.7. The summed E-state index contributed by atoms with van der Waals surface area (Å²) in [6.45, 7) is 1.51. The molecular formula is C20H18N2O4. The SMILES string of the molecule is Cc1ccc(NC(=O)CN2C(=O)CCC2=O)c(C(=O)c2ccccc2)c1. The zero-order valence-corrected chi connectivity index (χ0v) is 14.3. The van der Waals surface area contributed by atoms with Crippen LogP contribution < -0.4 is 5.32 Å². The minimum absolute atomic E-state index is 0.133. The second-order valence-corrected chi connectivity index (χ2v) is 6.17. The third-order valence-corrected chi connectivity index (χ3v) is 4.19. The minimum atomic E-state index is -0.514. The smallest absolute Gasteiger partial charge is 0.244 e. The molecule has 3 rings (SSSR count). The maximum atomic E-state index is 12.8. The Bertz CT molecular complexity index is 874. The van der Waals surface area contributed by atoms with Crippen LogP contribution in [0, 0.1) is 6.92 Å². The number of nitrogens with one attached hydrogen (secondary N) is 1. The molecule has 3 amide bonds. The average Bonchev–Trinajstić information content (AvgIpc) is 2.95. The summed E-state index contributed by atoms with van der Waals surface area (Å²) in [6.07, 6.45) is 0.267. The minimum Gasteiger partial charge on any atom is -0.324 e. The van der Waals surface area contributed by atoms with Gasteiger partial charge in [-0.3, -0.25) is 24.1 Å². The van der Waals surface area contributed by atoms with Crippen LogP contribution in [0.25, 0.3) is 0 Å². The zero-order valence-electron chi connectivity index (χ0n) is 14.3. The van der Waals surface area contributed by atoms with Crippen molar-refractivity contribution in [3.05, 3.63) is 65.2 Å². The van der Waals surface area contributed by atoms with E-state index in [0.717, 1.165) is 10.5 Å². The summed E-state index contributed by atoms with van der Waals surface area (Å²) in [5.41, 5.74) is 2.11. The molecule has 0 bridgehead atoms. The lowest BCUT2D eigenvalue weighted by Crippen LogP contribution is -2.37. The second kappa shape index (κ2) is 7.31. The van der Waals surface area contributed by atoms with Crippen molar-refractivity contribution in [1.82, 2.24) is 4.90 Å². The molecule has 26 heavy (non-hydrogen) atoms. The van der Waals surface area contributed by atoms with E-state index in [1.54, 1.807) is 42.5 Å². The van der Waals surface area contributed by atoms with Crippen molar-refractivity contribution >= 4 is 29.2 Å². The second-order valence-electron chi connectivity index (χ2n) is 6.17. The summed E-state index contributed by atoms with van der Waals surface area (Å²) in [6, 6.07) is 13.9. The Morgan fingerprint density at radius 2 is 1.65 bits per heavy atom. The number of aryl methyl sites for hydroxylation is 1. The highest BCUT2D eigenvalue weighted by molar-refractivity contribution is 6.14. The molecule has 1 aliphatic heterocycles. The molecule has 6 heteroatoms. The van der Waals surface area contributed by atoms with E-state index in [-0.39, 0.29) is 37.0 Å². The number of imide groups is 1. The molecule has 0 unspecified atom stereocenters. The van der Waals surface area contributed by atoms with Crippen LogP contribution >= 0.6 is 0 Å². The van der Waals surface area contributed by atoms with Gasteiger partial charge in [0.1, 0.15) is 6.54 Å². The van der Waals surface area contributed by atoms with Gasteiger partial charge >= 0.3 is 0 Å². The van der Waals surface area contributed by atoms with Gasteiger partial charge < -0.3 is 5.32 Å². The van der Waals surface area contributed by atoms with Crippen molar-refractivity contribution in [3.63, 3.8) is 0 Å². The number of nitrogens with zero attached hydrogens (tertiary/aromatic N) is 1. The molecule has 132 valence electrons. The molecule has 6 nitrogen and oxygen atoms in total. The summed E-state index contributed by atoms with van der Waals surface area (Å²) < 4.78 is 0. The van der Waals surface area contributed by atoms with Gasteiger partial charge in [0, 0.05) is 24.0 Å². The fourth-order valence-corrected chi connectivity index (χ4v) is 2.83. The predicted octanol–water partition coefficient (Wildman–Crippen LogP) is 2.31. The lowest BCUT2D eigenvalue weighted by atomic mass is 9.99. The van der Waals surface area contributed by atoms with E-state index in [9.17, 15) is 19.2 Å². The van der Waals surface area contributed by atoms with Crippen molar-refractivity contribution in [1.29, 1.82) is 0 Å². The van der Waals surface area contributed by atoms with E-state index in [1.165, 1.54) is 0 Å². The molecule has 1 N–H and O–H groups in total. The Labute approximate surface area is 150 Å². The number of anilines is 1. The molecule has 0 radical (unpaired) electrons. The summed E-state index contributed by atoms with van der Waals surface area (Å²) in [7, 11) is 0. The number of hydrogen-bond acceptors (Lipinski definition) is 4. The largest absolute Gasteiger partial charge is 0.324 e. The summed E-state index contributed by atoms with van der Waals surface area (Å²) in [5, 5.41) is 2.65. The first-order valence-electron chi connectivity index (χ1n) is 8.29. The molecular weight excluding hydrogens is 332 g/mol. The number of carbonyl (C=O) groups excluding carboxylic acids is 4. The molecule has 2 aromatic carbocycles. The van der Waals surface area contributed by atoms with Gasteiger partial charge in [0.05, 0.1) is 5.69 Å².